The number of H-pyrrole nitrogens is 1. The molecule has 4 nitrogen and oxygen atoms in total. The van der Waals surface area contributed by atoms with Crippen LogP contribution in [-0.2, 0) is 11.2 Å². The van der Waals surface area contributed by atoms with Crippen LogP contribution in [0.5, 0.6) is 5.75 Å². The van der Waals surface area contributed by atoms with Crippen LogP contribution in [0, 0.1) is 0 Å². The van der Waals surface area contributed by atoms with E-state index in [1.807, 2.05) is 54.7 Å². The highest BCUT2D eigenvalue weighted by Crippen LogP contribution is 2.22. The minimum atomic E-state index is -0.0445. The smallest absolute Gasteiger partial charge is 0.228 e. The van der Waals surface area contributed by atoms with Gasteiger partial charge in [0.05, 0.1) is 19.2 Å². The SMILES string of the molecule is COc1cccc(CC(=O)Nc2cccc3[nH]ccc23)c1. The Balaban J connectivity index is 1.75. The second-order valence-corrected chi connectivity index (χ2v) is 4.82. The molecule has 3 rings (SSSR count). The molecule has 0 bridgehead atoms. The maximum Gasteiger partial charge on any atom is 0.228 e. The van der Waals surface area contributed by atoms with Gasteiger partial charge in [-0.3, -0.25) is 4.79 Å². The second-order valence-electron chi connectivity index (χ2n) is 4.82. The first kappa shape index (κ1) is 13.2. The molecule has 4 heteroatoms. The Morgan fingerprint density at radius 3 is 2.90 bits per heavy atom. The average Bonchev–Trinajstić information content (AvgIpc) is 2.97. The Bertz CT molecular complexity index is 777. The Morgan fingerprint density at radius 2 is 2.05 bits per heavy atom. The van der Waals surface area contributed by atoms with Gasteiger partial charge in [-0.25, -0.2) is 0 Å². The molecule has 0 fully saturated rings. The third-order valence-electron chi connectivity index (χ3n) is 3.37. The van der Waals surface area contributed by atoms with Crippen LogP contribution in [0.4, 0.5) is 5.69 Å². The first-order valence-corrected chi connectivity index (χ1v) is 6.75. The third-order valence-corrected chi connectivity index (χ3v) is 3.37. The van der Waals surface area contributed by atoms with Crippen LogP contribution < -0.4 is 10.1 Å². The Labute approximate surface area is 122 Å². The number of nitrogens with one attached hydrogen (secondary N) is 2. The van der Waals surface area contributed by atoms with E-state index in [2.05, 4.69) is 10.3 Å². The number of fused-ring (bicyclic) bond motifs is 1. The topological polar surface area (TPSA) is 54.1 Å². The van der Waals surface area contributed by atoms with Gasteiger partial charge in [0.25, 0.3) is 0 Å². The number of carbonyl (C=O) groups is 1. The van der Waals surface area contributed by atoms with Crippen molar-refractivity contribution in [3.05, 3.63) is 60.3 Å². The van der Waals surface area contributed by atoms with Crippen LogP contribution in [0.3, 0.4) is 0 Å². The summed E-state index contributed by atoms with van der Waals surface area (Å²) < 4.78 is 5.17. The van der Waals surface area contributed by atoms with Crippen molar-refractivity contribution in [2.75, 3.05) is 12.4 Å². The Hall–Kier alpha value is -2.75. The van der Waals surface area contributed by atoms with E-state index in [0.717, 1.165) is 27.9 Å². The summed E-state index contributed by atoms with van der Waals surface area (Å²) in [4.78, 5) is 15.3. The molecule has 3 aromatic rings. The van der Waals surface area contributed by atoms with Crippen LogP contribution >= 0.6 is 0 Å². The molecule has 2 N–H and O–H groups in total. The monoisotopic (exact) mass is 280 g/mol. The predicted molar refractivity (Wildman–Crippen MR) is 83.6 cm³/mol. The van der Waals surface area contributed by atoms with E-state index in [9.17, 15) is 4.79 Å². The van der Waals surface area contributed by atoms with Gasteiger partial charge in [-0.1, -0.05) is 18.2 Å². The molecule has 1 heterocycles. The van der Waals surface area contributed by atoms with Crippen molar-refractivity contribution in [2.45, 2.75) is 6.42 Å². The molecule has 0 saturated heterocycles. The van der Waals surface area contributed by atoms with Crippen molar-refractivity contribution in [1.29, 1.82) is 0 Å². The molecule has 1 amide bonds. The molecule has 106 valence electrons. The zero-order valence-corrected chi connectivity index (χ0v) is 11.7. The van der Waals surface area contributed by atoms with Crippen LogP contribution in [0.25, 0.3) is 10.9 Å². The first-order chi connectivity index (χ1) is 10.3. The molecule has 2 aromatic carbocycles. The lowest BCUT2D eigenvalue weighted by Gasteiger charge is -2.07. The van der Waals surface area contributed by atoms with Crippen molar-refractivity contribution >= 4 is 22.5 Å². The number of hydrogen-bond acceptors (Lipinski definition) is 2. The summed E-state index contributed by atoms with van der Waals surface area (Å²) in [5.41, 5.74) is 2.75. The van der Waals surface area contributed by atoms with Crippen molar-refractivity contribution in [3.8, 4) is 5.75 Å². The lowest BCUT2D eigenvalue weighted by molar-refractivity contribution is -0.115. The summed E-state index contributed by atoms with van der Waals surface area (Å²) in [6.45, 7) is 0. The number of methoxy groups -OCH3 is 1. The number of rotatable bonds is 4. The van der Waals surface area contributed by atoms with E-state index in [-0.39, 0.29) is 5.91 Å². The average molecular weight is 280 g/mol. The molecule has 0 atom stereocenters. The number of anilines is 1. The number of benzene rings is 2. The van der Waals surface area contributed by atoms with Crippen LogP contribution in [0.15, 0.2) is 54.7 Å². The Morgan fingerprint density at radius 1 is 1.19 bits per heavy atom. The quantitative estimate of drug-likeness (QED) is 0.770. The number of carbonyl (C=O) groups excluding carboxylic acids is 1. The molecule has 0 aliphatic carbocycles. The number of ether oxygens (including phenoxy) is 1. The Kier molecular flexibility index (Phi) is 3.60. The zero-order chi connectivity index (χ0) is 14.7. The molecule has 21 heavy (non-hydrogen) atoms. The van der Waals surface area contributed by atoms with Gasteiger partial charge in [0.15, 0.2) is 0 Å². The third kappa shape index (κ3) is 2.89. The van der Waals surface area contributed by atoms with Gasteiger partial charge in [-0.15, -0.1) is 0 Å². The van der Waals surface area contributed by atoms with Crippen molar-refractivity contribution in [1.82, 2.24) is 4.98 Å². The summed E-state index contributed by atoms with van der Waals surface area (Å²) >= 11 is 0. The van der Waals surface area contributed by atoms with E-state index in [1.54, 1.807) is 7.11 Å². The van der Waals surface area contributed by atoms with Gasteiger partial charge < -0.3 is 15.0 Å². The molecule has 0 aliphatic heterocycles. The van der Waals surface area contributed by atoms with Gasteiger partial charge in [0.1, 0.15) is 5.75 Å². The number of amides is 1. The fourth-order valence-electron chi connectivity index (χ4n) is 2.36. The highest BCUT2D eigenvalue weighted by atomic mass is 16.5. The van der Waals surface area contributed by atoms with Crippen molar-refractivity contribution in [2.24, 2.45) is 0 Å². The molecular weight excluding hydrogens is 264 g/mol. The molecule has 0 saturated carbocycles. The summed E-state index contributed by atoms with van der Waals surface area (Å²) in [6, 6.07) is 15.3. The fourth-order valence-corrected chi connectivity index (χ4v) is 2.36. The number of aromatic amines is 1. The standard InChI is InChI=1S/C17H16N2O2/c1-21-13-5-2-4-12(10-13)11-17(20)19-16-7-3-6-15-14(16)8-9-18-15/h2-10,18H,11H2,1H3,(H,19,20). The fraction of sp³-hybridized carbons (Fsp3) is 0.118. The minimum Gasteiger partial charge on any atom is -0.497 e. The molecule has 0 unspecified atom stereocenters. The van der Waals surface area contributed by atoms with Gasteiger partial charge in [0, 0.05) is 17.1 Å². The largest absolute Gasteiger partial charge is 0.497 e. The van der Waals surface area contributed by atoms with Gasteiger partial charge in [-0.05, 0) is 35.9 Å². The highest BCUT2D eigenvalue weighted by molar-refractivity contribution is 6.01. The first-order valence-electron chi connectivity index (χ1n) is 6.75. The highest BCUT2D eigenvalue weighted by Gasteiger charge is 2.07. The van der Waals surface area contributed by atoms with Gasteiger partial charge in [-0.2, -0.15) is 0 Å². The lowest BCUT2D eigenvalue weighted by atomic mass is 10.1. The maximum absolute atomic E-state index is 12.2. The van der Waals surface area contributed by atoms with E-state index in [0.29, 0.717) is 6.42 Å². The molecular formula is C17H16N2O2. The van der Waals surface area contributed by atoms with Crippen molar-refractivity contribution in [3.63, 3.8) is 0 Å². The van der Waals surface area contributed by atoms with E-state index in [1.165, 1.54) is 0 Å². The van der Waals surface area contributed by atoms with Gasteiger partial charge >= 0.3 is 0 Å². The molecule has 0 spiro atoms. The lowest BCUT2D eigenvalue weighted by Crippen LogP contribution is -2.14. The summed E-state index contributed by atoms with van der Waals surface area (Å²) in [5.74, 6) is 0.713. The predicted octanol–water partition coefficient (Wildman–Crippen LogP) is 3.36. The number of aromatic nitrogens is 1. The molecule has 1 aromatic heterocycles. The summed E-state index contributed by atoms with van der Waals surface area (Å²) in [7, 11) is 1.62. The van der Waals surface area contributed by atoms with Crippen LogP contribution in [0.1, 0.15) is 5.56 Å². The van der Waals surface area contributed by atoms with E-state index < -0.39 is 0 Å². The maximum atomic E-state index is 12.2. The zero-order valence-electron chi connectivity index (χ0n) is 11.7. The van der Waals surface area contributed by atoms with Crippen LogP contribution in [0.2, 0.25) is 0 Å². The molecule has 0 aliphatic rings. The summed E-state index contributed by atoms with van der Waals surface area (Å²) in [5, 5.41) is 3.97. The second kappa shape index (κ2) is 5.71. The minimum absolute atomic E-state index is 0.0445. The van der Waals surface area contributed by atoms with Crippen LogP contribution in [-0.4, -0.2) is 18.0 Å². The van der Waals surface area contributed by atoms with E-state index in [4.69, 9.17) is 4.74 Å². The number of hydrogen-bond donors (Lipinski definition) is 2. The van der Waals surface area contributed by atoms with E-state index >= 15 is 0 Å². The molecule has 0 radical (unpaired) electrons. The normalized spacial score (nSPS) is 10.5. The van der Waals surface area contributed by atoms with Crippen molar-refractivity contribution < 1.29 is 9.53 Å². The van der Waals surface area contributed by atoms with Gasteiger partial charge in [0.2, 0.25) is 5.91 Å². The summed E-state index contributed by atoms with van der Waals surface area (Å²) in [6.07, 6.45) is 2.18.